The van der Waals surface area contributed by atoms with E-state index in [4.69, 9.17) is 7.94 Å². The molecule has 0 bridgehead atoms. The Hall–Kier alpha value is -6.63. The van der Waals surface area contributed by atoms with Gasteiger partial charge in [0.2, 0.25) is 0 Å². The Kier molecular flexibility index (Phi) is 6.67. The van der Waals surface area contributed by atoms with E-state index in [1.807, 2.05) is 84.9 Å². The minimum absolute atomic E-state index is 0.179. The predicted molar refractivity (Wildman–Crippen MR) is 215 cm³/mol. The molecule has 0 atom stereocenters. The average molecular weight is 656 g/mol. The van der Waals surface area contributed by atoms with Crippen LogP contribution in [0.4, 0.5) is 22.7 Å². The van der Waals surface area contributed by atoms with Crippen molar-refractivity contribution in [1.82, 2.24) is 4.57 Å². The molecule has 1 aliphatic carbocycles. The van der Waals surface area contributed by atoms with E-state index in [0.717, 1.165) is 61.2 Å². The number of para-hydroxylation sites is 3. The zero-order valence-electron chi connectivity index (χ0n) is 30.4. The molecule has 0 unspecified atom stereocenters. The van der Waals surface area contributed by atoms with Crippen molar-refractivity contribution in [3.8, 4) is 16.8 Å². The third kappa shape index (κ3) is 5.04. The van der Waals surface area contributed by atoms with E-state index in [1.165, 1.54) is 11.1 Å². The van der Waals surface area contributed by atoms with Crippen LogP contribution in [-0.2, 0) is 5.41 Å². The van der Waals surface area contributed by atoms with Crippen LogP contribution in [-0.4, -0.2) is 4.57 Å². The molecule has 0 saturated carbocycles. The summed E-state index contributed by atoms with van der Waals surface area (Å²) in [5, 5.41) is 2.18. The molecule has 0 spiro atoms. The Morgan fingerprint density at radius 2 is 1.20 bits per heavy atom. The first-order valence-electron chi connectivity index (χ1n) is 18.2. The lowest BCUT2D eigenvalue weighted by Gasteiger charge is -2.25. The molecule has 9 rings (SSSR count). The lowest BCUT2D eigenvalue weighted by Crippen LogP contribution is -2.16. The number of nitrogens with zero attached hydrogens (tertiary/aromatic N) is 3. The Morgan fingerprint density at radius 1 is 0.608 bits per heavy atom. The van der Waals surface area contributed by atoms with E-state index < -0.39 is 5.41 Å². The Labute approximate surface area is 301 Å². The first-order valence-corrected chi connectivity index (χ1v) is 17.2. The molecule has 0 N–H and O–H groups in total. The van der Waals surface area contributed by atoms with Crippen LogP contribution in [0, 0.1) is 6.57 Å². The standard InChI is InChI=1S/C48H35N3/c1-48(2)44-31-34(20-19-33-21-25-39(26-22-33)50(36-13-7-4-8-14-36)37-15-9-5-10-16-37)23-27-40(44)41-28-29-42-43-32-35(49-3)24-30-45(43)51(47(42)46(41)48)38-17-11-6-12-18-38/h4-32H,1-2H3/b20-19+/i19D,20D. The first-order chi connectivity index (χ1) is 25.8. The smallest absolute Gasteiger partial charge is 0.188 e. The maximum atomic E-state index is 9.26. The number of benzene rings is 7. The molecule has 0 fully saturated rings. The Morgan fingerprint density at radius 3 is 1.86 bits per heavy atom. The highest BCUT2D eigenvalue weighted by Crippen LogP contribution is 2.53. The fraction of sp³-hybridized carbons (Fsp3) is 0.0625. The van der Waals surface area contributed by atoms with Gasteiger partial charge in [0.25, 0.3) is 0 Å². The molecule has 1 aliphatic rings. The average Bonchev–Trinajstić information content (AvgIpc) is 3.66. The molecular weight excluding hydrogens is 619 g/mol. The summed E-state index contributed by atoms with van der Waals surface area (Å²) in [6.07, 6.45) is 0. The molecule has 7 aromatic carbocycles. The van der Waals surface area contributed by atoms with Crippen LogP contribution >= 0.6 is 0 Å². The second kappa shape index (κ2) is 12.1. The summed E-state index contributed by atoms with van der Waals surface area (Å²) in [5.41, 5.74) is 12.7. The highest BCUT2D eigenvalue weighted by atomic mass is 15.1. The summed E-state index contributed by atoms with van der Waals surface area (Å²) in [6.45, 7) is 12.2. The molecule has 0 aliphatic heterocycles. The molecule has 1 heterocycles. The van der Waals surface area contributed by atoms with Gasteiger partial charge >= 0.3 is 0 Å². The quantitative estimate of drug-likeness (QED) is 0.128. The third-order valence-electron chi connectivity index (χ3n) is 10.2. The van der Waals surface area contributed by atoms with Crippen molar-refractivity contribution < 1.29 is 2.74 Å². The summed E-state index contributed by atoms with van der Waals surface area (Å²) in [5.74, 6) is 0. The van der Waals surface area contributed by atoms with Crippen molar-refractivity contribution in [3.63, 3.8) is 0 Å². The van der Waals surface area contributed by atoms with Crippen LogP contribution < -0.4 is 4.90 Å². The van der Waals surface area contributed by atoms with Crippen LogP contribution in [0.2, 0.25) is 0 Å². The van der Waals surface area contributed by atoms with Crippen LogP contribution in [0.3, 0.4) is 0 Å². The Balaban J connectivity index is 1.13. The normalized spacial score (nSPS) is 13.9. The van der Waals surface area contributed by atoms with Gasteiger partial charge in [-0.15, -0.1) is 0 Å². The van der Waals surface area contributed by atoms with E-state index >= 15 is 0 Å². The molecule has 51 heavy (non-hydrogen) atoms. The summed E-state index contributed by atoms with van der Waals surface area (Å²) in [6, 6.07) is 55.8. The Bertz CT molecular complexity index is 2720. The van der Waals surface area contributed by atoms with E-state index in [0.29, 0.717) is 11.3 Å². The summed E-state index contributed by atoms with van der Waals surface area (Å²) >= 11 is 0. The largest absolute Gasteiger partial charge is 0.311 e. The molecule has 8 aromatic rings. The highest BCUT2D eigenvalue weighted by Gasteiger charge is 2.38. The van der Waals surface area contributed by atoms with Gasteiger partial charge in [-0.05, 0) is 99.4 Å². The van der Waals surface area contributed by atoms with Gasteiger partial charge in [0.1, 0.15) is 0 Å². The zero-order chi connectivity index (χ0) is 36.3. The fourth-order valence-corrected chi connectivity index (χ4v) is 7.82. The fourth-order valence-electron chi connectivity index (χ4n) is 7.82. The maximum absolute atomic E-state index is 9.26. The topological polar surface area (TPSA) is 12.5 Å². The predicted octanol–water partition coefficient (Wildman–Crippen LogP) is 13.3. The number of fused-ring (bicyclic) bond motifs is 7. The SMILES string of the molecule is [2H]/C(=C(/[2H])c1ccc2c(c1)C(C)(C)c1c-2ccc2c3cc([N+]#[C-])ccc3n(-c3ccccc3)c12)c1ccc(N(c2ccccc2)c2ccccc2)cc1. The van der Waals surface area contributed by atoms with Crippen molar-refractivity contribution >= 4 is 56.7 Å². The van der Waals surface area contributed by atoms with Gasteiger partial charge in [-0.1, -0.05) is 129 Å². The minimum Gasteiger partial charge on any atom is -0.311 e. The molecule has 1 aromatic heterocycles. The van der Waals surface area contributed by atoms with Gasteiger partial charge in [-0.2, -0.15) is 0 Å². The van der Waals surface area contributed by atoms with E-state index in [1.54, 1.807) is 0 Å². The number of aromatic nitrogens is 1. The van der Waals surface area contributed by atoms with Crippen molar-refractivity contribution in [2.45, 2.75) is 19.3 Å². The van der Waals surface area contributed by atoms with Gasteiger partial charge in [-0.3, -0.25) is 0 Å². The van der Waals surface area contributed by atoms with Gasteiger partial charge in [-0.25, -0.2) is 4.85 Å². The summed E-state index contributed by atoms with van der Waals surface area (Å²) < 4.78 is 20.8. The molecule has 3 nitrogen and oxygen atoms in total. The maximum Gasteiger partial charge on any atom is 0.188 e. The summed E-state index contributed by atoms with van der Waals surface area (Å²) in [7, 11) is 0. The monoisotopic (exact) mass is 655 g/mol. The molecule has 242 valence electrons. The van der Waals surface area contributed by atoms with E-state index in [-0.39, 0.29) is 12.1 Å². The molecule has 0 saturated heterocycles. The lowest BCUT2D eigenvalue weighted by molar-refractivity contribution is 0.663. The van der Waals surface area contributed by atoms with E-state index in [2.05, 4.69) is 107 Å². The number of hydrogen-bond donors (Lipinski definition) is 0. The summed E-state index contributed by atoms with van der Waals surface area (Å²) in [4.78, 5) is 5.93. The van der Waals surface area contributed by atoms with Gasteiger partial charge in [0.05, 0.1) is 20.3 Å². The number of rotatable bonds is 6. The molecular formula is C48H35N3. The zero-order valence-corrected chi connectivity index (χ0v) is 28.4. The van der Waals surface area contributed by atoms with Crippen LogP contribution in [0.1, 0.15) is 38.8 Å². The van der Waals surface area contributed by atoms with Gasteiger partial charge < -0.3 is 9.47 Å². The molecule has 3 heteroatoms. The molecule has 0 radical (unpaired) electrons. The van der Waals surface area contributed by atoms with Gasteiger partial charge in [0.15, 0.2) is 5.69 Å². The van der Waals surface area contributed by atoms with Crippen molar-refractivity contribution in [2.75, 3.05) is 4.90 Å². The lowest BCUT2D eigenvalue weighted by atomic mass is 9.81. The minimum atomic E-state index is -0.397. The second-order valence-electron chi connectivity index (χ2n) is 13.6. The first kappa shape index (κ1) is 28.2. The van der Waals surface area contributed by atoms with Crippen LogP contribution in [0.5, 0.6) is 0 Å². The van der Waals surface area contributed by atoms with Crippen LogP contribution in [0.15, 0.2) is 164 Å². The van der Waals surface area contributed by atoms with Crippen LogP contribution in [0.25, 0.3) is 55.6 Å². The highest BCUT2D eigenvalue weighted by molar-refractivity contribution is 6.14. The van der Waals surface area contributed by atoms with Gasteiger partial charge in [0, 0.05) is 33.6 Å². The van der Waals surface area contributed by atoms with Crippen molar-refractivity contribution in [1.29, 1.82) is 0 Å². The van der Waals surface area contributed by atoms with E-state index in [9.17, 15) is 1.37 Å². The molecule has 0 amide bonds. The van der Waals surface area contributed by atoms with Crippen molar-refractivity contribution in [3.05, 3.63) is 197 Å². The number of anilines is 3. The van der Waals surface area contributed by atoms with Crippen molar-refractivity contribution in [2.24, 2.45) is 0 Å². The number of hydrogen-bond acceptors (Lipinski definition) is 1. The second-order valence-corrected chi connectivity index (χ2v) is 13.6. The third-order valence-corrected chi connectivity index (χ3v) is 10.2.